The minimum atomic E-state index is -4.65. The second-order valence-electron chi connectivity index (χ2n) is 8.75. The van der Waals surface area contributed by atoms with Crippen molar-refractivity contribution >= 4 is 22.6 Å². The molecule has 2 aliphatic heterocycles. The molecule has 32 heavy (non-hydrogen) atoms. The van der Waals surface area contributed by atoms with Crippen LogP contribution in [0.15, 0.2) is 24.5 Å². The zero-order chi connectivity index (χ0) is 22.7. The Morgan fingerprint density at radius 3 is 2.53 bits per heavy atom. The zero-order valence-electron chi connectivity index (χ0n) is 17.0. The van der Waals surface area contributed by atoms with Gasteiger partial charge in [-0.3, -0.25) is 14.8 Å². The van der Waals surface area contributed by atoms with Gasteiger partial charge in [0, 0.05) is 36.9 Å². The topological polar surface area (TPSA) is 108 Å². The molecule has 5 rings (SSSR count). The summed E-state index contributed by atoms with van der Waals surface area (Å²) in [6.45, 7) is 0.214. The second kappa shape index (κ2) is 7.28. The number of ether oxygens (including phenoxy) is 1. The number of fused-ring (bicyclic) bond motifs is 1. The summed E-state index contributed by atoms with van der Waals surface area (Å²) >= 11 is 0. The summed E-state index contributed by atoms with van der Waals surface area (Å²) in [5.74, 6) is -0.479. The Balaban J connectivity index is 1.47. The van der Waals surface area contributed by atoms with Crippen molar-refractivity contribution in [2.24, 2.45) is 11.1 Å². The molecule has 1 aromatic heterocycles. The van der Waals surface area contributed by atoms with E-state index in [-0.39, 0.29) is 23.6 Å². The largest absolute Gasteiger partial charge is 0.416 e. The molecular weight excluding hydrogens is 425 g/mol. The van der Waals surface area contributed by atoms with Crippen LogP contribution in [0.1, 0.15) is 18.4 Å². The van der Waals surface area contributed by atoms with Crippen molar-refractivity contribution < 1.29 is 22.7 Å². The maximum absolute atomic E-state index is 13.7. The maximum atomic E-state index is 13.7. The molecule has 3 heterocycles. The van der Waals surface area contributed by atoms with Crippen LogP contribution in [0.3, 0.4) is 0 Å². The zero-order valence-corrected chi connectivity index (χ0v) is 17.0. The quantitative estimate of drug-likeness (QED) is 0.746. The van der Waals surface area contributed by atoms with Crippen LogP contribution < -0.4 is 10.6 Å². The molecule has 1 aliphatic carbocycles. The molecule has 2 saturated heterocycles. The van der Waals surface area contributed by atoms with Gasteiger partial charge in [-0.1, -0.05) is 0 Å². The third-order valence-electron chi connectivity index (χ3n) is 6.72. The van der Waals surface area contributed by atoms with E-state index in [4.69, 9.17) is 10.5 Å². The summed E-state index contributed by atoms with van der Waals surface area (Å²) in [5, 5.41) is 9.33. The maximum Gasteiger partial charge on any atom is 0.416 e. The van der Waals surface area contributed by atoms with Crippen molar-refractivity contribution in [2.75, 3.05) is 31.1 Å². The molecule has 11 heteroatoms. The summed E-state index contributed by atoms with van der Waals surface area (Å²) in [4.78, 5) is 24.6. The first-order valence-corrected chi connectivity index (χ1v) is 10.4. The van der Waals surface area contributed by atoms with Crippen LogP contribution in [0, 0.1) is 16.7 Å². The molecular formula is C21H21F3N6O2. The SMILES string of the molecule is N#Cc1ccc(N2C[C@@H](C(=O)N3C[C@@H](N)C4(CC4)C3)O[C@@H](C(F)(F)F)C2)c2nccnc12. The standard InChI is InChI=1S/C21H21F3N6O2/c22-21(23,24)16-10-29(13-2-1-12(7-25)17-18(13)28-6-5-27-17)8-14(32-16)19(31)30-9-15(26)20(11-30)3-4-20/h1-2,5-6,14-16H,3-4,8-11,26H2/t14-,15+,16+/m0/s1. The number of benzene rings is 1. The predicted octanol–water partition coefficient (Wildman–Crippen LogP) is 1.59. The lowest BCUT2D eigenvalue weighted by Crippen LogP contribution is -2.57. The van der Waals surface area contributed by atoms with Crippen LogP contribution in [-0.2, 0) is 9.53 Å². The molecule has 2 N–H and O–H groups in total. The third-order valence-corrected chi connectivity index (χ3v) is 6.72. The van der Waals surface area contributed by atoms with E-state index in [0.29, 0.717) is 29.8 Å². The Hall–Kier alpha value is -2.97. The number of anilines is 1. The minimum absolute atomic E-state index is 0.0677. The number of morpholine rings is 1. The lowest BCUT2D eigenvalue weighted by atomic mass is 10.0. The lowest BCUT2D eigenvalue weighted by molar-refractivity contribution is -0.235. The number of hydrogen-bond acceptors (Lipinski definition) is 7. The first kappa shape index (κ1) is 20.9. The Morgan fingerprint density at radius 2 is 1.91 bits per heavy atom. The molecule has 8 nitrogen and oxygen atoms in total. The number of carbonyl (C=O) groups is 1. The Morgan fingerprint density at radius 1 is 1.19 bits per heavy atom. The lowest BCUT2D eigenvalue weighted by Gasteiger charge is -2.40. The summed E-state index contributed by atoms with van der Waals surface area (Å²) in [6.07, 6.45) is -3.39. The molecule has 3 aliphatic rings. The first-order chi connectivity index (χ1) is 15.2. The molecule has 2 aromatic rings. The van der Waals surface area contributed by atoms with Gasteiger partial charge in [-0.25, -0.2) is 0 Å². The minimum Gasteiger partial charge on any atom is -0.364 e. The van der Waals surface area contributed by atoms with Crippen LogP contribution in [-0.4, -0.2) is 71.4 Å². The molecule has 168 valence electrons. The van der Waals surface area contributed by atoms with Gasteiger partial charge < -0.3 is 20.3 Å². The number of likely N-dealkylation sites (tertiary alicyclic amines) is 1. The van der Waals surface area contributed by atoms with Gasteiger partial charge in [-0.2, -0.15) is 18.4 Å². The summed E-state index contributed by atoms with van der Waals surface area (Å²) in [5.41, 5.74) is 7.33. The monoisotopic (exact) mass is 446 g/mol. The van der Waals surface area contributed by atoms with Crippen molar-refractivity contribution in [2.45, 2.75) is 37.3 Å². The highest BCUT2D eigenvalue weighted by molar-refractivity contribution is 5.92. The fraction of sp³-hybridized carbons (Fsp3) is 0.524. The van der Waals surface area contributed by atoms with E-state index in [2.05, 4.69) is 9.97 Å². The van der Waals surface area contributed by atoms with Gasteiger partial charge in [-0.15, -0.1) is 0 Å². The van der Waals surface area contributed by atoms with Crippen LogP contribution >= 0.6 is 0 Å². The van der Waals surface area contributed by atoms with Gasteiger partial charge in [-0.05, 0) is 25.0 Å². The van der Waals surface area contributed by atoms with E-state index in [0.717, 1.165) is 12.8 Å². The van der Waals surface area contributed by atoms with Gasteiger partial charge in [0.2, 0.25) is 0 Å². The molecule has 3 fully saturated rings. The van der Waals surface area contributed by atoms with Crippen molar-refractivity contribution in [3.05, 3.63) is 30.1 Å². The van der Waals surface area contributed by atoms with E-state index < -0.39 is 30.8 Å². The van der Waals surface area contributed by atoms with Gasteiger partial charge in [0.25, 0.3) is 5.91 Å². The predicted molar refractivity (Wildman–Crippen MR) is 107 cm³/mol. The number of aromatic nitrogens is 2. The van der Waals surface area contributed by atoms with Crippen molar-refractivity contribution in [1.29, 1.82) is 5.26 Å². The second-order valence-corrected chi connectivity index (χ2v) is 8.75. The van der Waals surface area contributed by atoms with Crippen LogP contribution in [0.25, 0.3) is 11.0 Å². The van der Waals surface area contributed by atoms with Gasteiger partial charge in [0.15, 0.2) is 12.2 Å². The average molecular weight is 446 g/mol. The van der Waals surface area contributed by atoms with Gasteiger partial charge in [0.1, 0.15) is 17.1 Å². The number of nitrogens with two attached hydrogens (primary N) is 1. The Labute approximate surface area is 181 Å². The number of rotatable bonds is 2. The number of nitriles is 1. The normalized spacial score (nSPS) is 27.0. The van der Waals surface area contributed by atoms with Crippen molar-refractivity contribution in [1.82, 2.24) is 14.9 Å². The molecule has 3 atom stereocenters. The summed E-state index contributed by atoms with van der Waals surface area (Å²) in [7, 11) is 0. The van der Waals surface area contributed by atoms with Crippen LogP contribution in [0.2, 0.25) is 0 Å². The number of nitrogens with zero attached hydrogens (tertiary/aromatic N) is 5. The number of amides is 1. The van der Waals surface area contributed by atoms with Crippen molar-refractivity contribution in [3.63, 3.8) is 0 Å². The summed E-state index contributed by atoms with van der Waals surface area (Å²) < 4.78 is 46.4. The molecule has 1 spiro atoms. The first-order valence-electron chi connectivity index (χ1n) is 10.4. The van der Waals surface area contributed by atoms with Crippen molar-refractivity contribution in [3.8, 4) is 6.07 Å². The molecule has 1 aromatic carbocycles. The fourth-order valence-electron chi connectivity index (χ4n) is 4.71. The van der Waals surface area contributed by atoms with E-state index in [9.17, 15) is 23.2 Å². The van der Waals surface area contributed by atoms with E-state index in [1.165, 1.54) is 28.3 Å². The highest BCUT2D eigenvalue weighted by atomic mass is 19.4. The number of halogens is 3. The number of carbonyl (C=O) groups excluding carboxylic acids is 1. The molecule has 1 amide bonds. The fourth-order valence-corrected chi connectivity index (χ4v) is 4.71. The van der Waals surface area contributed by atoms with E-state index >= 15 is 0 Å². The highest BCUT2D eigenvalue weighted by Gasteiger charge is 2.56. The van der Waals surface area contributed by atoms with Gasteiger partial charge in [0.05, 0.1) is 24.3 Å². The Bertz CT molecular complexity index is 1110. The molecule has 1 saturated carbocycles. The van der Waals surface area contributed by atoms with E-state index in [1.54, 1.807) is 6.07 Å². The highest BCUT2D eigenvalue weighted by Crippen LogP contribution is 2.52. The van der Waals surface area contributed by atoms with Crippen LogP contribution in [0.4, 0.5) is 18.9 Å². The number of alkyl halides is 3. The summed E-state index contributed by atoms with van der Waals surface area (Å²) in [6, 6.07) is 4.89. The Kier molecular flexibility index (Phi) is 4.76. The van der Waals surface area contributed by atoms with Gasteiger partial charge >= 0.3 is 6.18 Å². The average Bonchev–Trinajstić information content (AvgIpc) is 3.49. The smallest absolute Gasteiger partial charge is 0.364 e. The van der Waals surface area contributed by atoms with Crippen LogP contribution in [0.5, 0.6) is 0 Å². The van der Waals surface area contributed by atoms with E-state index in [1.807, 2.05) is 6.07 Å². The third kappa shape index (κ3) is 3.43. The molecule has 0 radical (unpaired) electrons. The molecule has 0 unspecified atom stereocenters. The number of hydrogen-bond donors (Lipinski definition) is 1. The molecule has 0 bridgehead atoms.